The summed E-state index contributed by atoms with van der Waals surface area (Å²) in [5.74, 6) is -0.369. The van der Waals surface area contributed by atoms with Crippen LogP contribution >= 0.6 is 28.3 Å². The van der Waals surface area contributed by atoms with E-state index < -0.39 is 12.0 Å². The SMILES string of the molecule is COc1ccc(Br)cc1CC(N)C(=O)O.Cl. The van der Waals surface area contributed by atoms with Gasteiger partial charge in [0.1, 0.15) is 11.8 Å². The van der Waals surface area contributed by atoms with Crippen molar-refractivity contribution in [3.63, 3.8) is 0 Å². The Labute approximate surface area is 108 Å². The van der Waals surface area contributed by atoms with Crippen molar-refractivity contribution in [1.29, 1.82) is 0 Å². The Morgan fingerprint density at radius 3 is 2.75 bits per heavy atom. The van der Waals surface area contributed by atoms with Crippen LogP contribution in [-0.2, 0) is 11.2 Å². The van der Waals surface area contributed by atoms with Crippen molar-refractivity contribution in [2.75, 3.05) is 7.11 Å². The summed E-state index contributed by atoms with van der Waals surface area (Å²) < 4.78 is 5.98. The lowest BCUT2D eigenvalue weighted by Gasteiger charge is -2.11. The van der Waals surface area contributed by atoms with E-state index in [1.54, 1.807) is 13.2 Å². The van der Waals surface area contributed by atoms with Gasteiger partial charge in [0.05, 0.1) is 7.11 Å². The fraction of sp³-hybridized carbons (Fsp3) is 0.300. The van der Waals surface area contributed by atoms with E-state index >= 15 is 0 Å². The van der Waals surface area contributed by atoms with Gasteiger partial charge in [-0.25, -0.2) is 0 Å². The number of hydrogen-bond donors (Lipinski definition) is 2. The van der Waals surface area contributed by atoms with Gasteiger partial charge >= 0.3 is 5.97 Å². The molecule has 1 aromatic carbocycles. The number of aliphatic carboxylic acids is 1. The Hall–Kier alpha value is -0.780. The molecule has 3 N–H and O–H groups in total. The van der Waals surface area contributed by atoms with Crippen molar-refractivity contribution < 1.29 is 14.6 Å². The zero-order valence-corrected chi connectivity index (χ0v) is 11.0. The molecule has 0 aliphatic rings. The van der Waals surface area contributed by atoms with Gasteiger partial charge < -0.3 is 15.6 Å². The monoisotopic (exact) mass is 309 g/mol. The average Bonchev–Trinajstić information content (AvgIpc) is 2.18. The molecule has 1 unspecified atom stereocenters. The molecule has 0 saturated heterocycles. The number of ether oxygens (including phenoxy) is 1. The van der Waals surface area contributed by atoms with Crippen molar-refractivity contribution in [3.8, 4) is 5.75 Å². The van der Waals surface area contributed by atoms with Crippen LogP contribution in [0.2, 0.25) is 0 Å². The van der Waals surface area contributed by atoms with Crippen molar-refractivity contribution in [1.82, 2.24) is 0 Å². The van der Waals surface area contributed by atoms with E-state index in [4.69, 9.17) is 15.6 Å². The van der Waals surface area contributed by atoms with E-state index in [9.17, 15) is 4.79 Å². The lowest BCUT2D eigenvalue weighted by molar-refractivity contribution is -0.138. The molecular formula is C10H13BrClNO3. The highest BCUT2D eigenvalue weighted by Crippen LogP contribution is 2.23. The third-order valence-electron chi connectivity index (χ3n) is 2.00. The molecule has 0 spiro atoms. The maximum absolute atomic E-state index is 10.6. The van der Waals surface area contributed by atoms with Gasteiger partial charge in [0.15, 0.2) is 0 Å². The zero-order valence-electron chi connectivity index (χ0n) is 8.64. The van der Waals surface area contributed by atoms with Crippen LogP contribution in [0, 0.1) is 0 Å². The molecular weight excluding hydrogens is 297 g/mol. The molecule has 1 aromatic rings. The number of halogens is 2. The van der Waals surface area contributed by atoms with Crippen LogP contribution in [0.5, 0.6) is 5.75 Å². The van der Waals surface area contributed by atoms with Crippen LogP contribution in [-0.4, -0.2) is 24.2 Å². The second-order valence-corrected chi connectivity index (χ2v) is 4.02. The summed E-state index contributed by atoms with van der Waals surface area (Å²) in [6.07, 6.45) is 0.248. The predicted molar refractivity (Wildman–Crippen MR) is 67.3 cm³/mol. The molecule has 0 fully saturated rings. The first-order chi connectivity index (χ1) is 7.04. The van der Waals surface area contributed by atoms with E-state index in [1.165, 1.54) is 0 Å². The maximum Gasteiger partial charge on any atom is 0.320 e. The largest absolute Gasteiger partial charge is 0.496 e. The lowest BCUT2D eigenvalue weighted by atomic mass is 10.1. The summed E-state index contributed by atoms with van der Waals surface area (Å²) in [4.78, 5) is 10.6. The van der Waals surface area contributed by atoms with Crippen LogP contribution < -0.4 is 10.5 Å². The van der Waals surface area contributed by atoms with Gasteiger partial charge in [-0.3, -0.25) is 4.79 Å². The summed E-state index contributed by atoms with van der Waals surface area (Å²) >= 11 is 3.31. The van der Waals surface area contributed by atoms with Gasteiger partial charge in [-0.15, -0.1) is 12.4 Å². The molecule has 0 bridgehead atoms. The molecule has 0 aromatic heterocycles. The number of benzene rings is 1. The Morgan fingerprint density at radius 2 is 2.25 bits per heavy atom. The van der Waals surface area contributed by atoms with Crippen molar-refractivity contribution in [3.05, 3.63) is 28.2 Å². The van der Waals surface area contributed by atoms with Crippen LogP contribution in [0.25, 0.3) is 0 Å². The summed E-state index contributed by atoms with van der Waals surface area (Å²) in [5, 5.41) is 8.70. The fourth-order valence-electron chi connectivity index (χ4n) is 1.23. The minimum absolute atomic E-state index is 0. The first kappa shape index (κ1) is 15.2. The molecule has 0 aliphatic heterocycles. The average molecular weight is 311 g/mol. The minimum atomic E-state index is -1.02. The molecule has 6 heteroatoms. The number of carboxylic acid groups (broad SMARTS) is 1. The fourth-order valence-corrected chi connectivity index (χ4v) is 1.64. The molecule has 0 aliphatic carbocycles. The highest BCUT2D eigenvalue weighted by atomic mass is 79.9. The van der Waals surface area contributed by atoms with Crippen molar-refractivity contribution in [2.24, 2.45) is 5.73 Å². The standard InChI is InChI=1S/C10H12BrNO3.ClH/c1-15-9-3-2-7(11)4-6(9)5-8(12)10(13)14;/h2-4,8H,5,12H2,1H3,(H,13,14);1H. The minimum Gasteiger partial charge on any atom is -0.496 e. The number of carbonyl (C=O) groups is 1. The van der Waals surface area contributed by atoms with Gasteiger partial charge in [0, 0.05) is 10.9 Å². The van der Waals surface area contributed by atoms with Gasteiger partial charge in [-0.1, -0.05) is 15.9 Å². The summed E-state index contributed by atoms with van der Waals surface area (Å²) in [7, 11) is 1.54. The first-order valence-corrected chi connectivity index (χ1v) is 5.14. The molecule has 90 valence electrons. The zero-order chi connectivity index (χ0) is 11.4. The molecule has 0 heterocycles. The van der Waals surface area contributed by atoms with Crippen molar-refractivity contribution >= 4 is 34.3 Å². The topological polar surface area (TPSA) is 72.5 Å². The Morgan fingerprint density at radius 1 is 1.62 bits per heavy atom. The number of nitrogens with two attached hydrogens (primary N) is 1. The van der Waals surface area contributed by atoms with Crippen LogP contribution in [0.4, 0.5) is 0 Å². The summed E-state index contributed by atoms with van der Waals surface area (Å²) in [5.41, 5.74) is 6.23. The molecule has 4 nitrogen and oxygen atoms in total. The molecule has 1 rings (SSSR count). The third-order valence-corrected chi connectivity index (χ3v) is 2.49. The Kier molecular flexibility index (Phi) is 6.40. The van der Waals surface area contributed by atoms with Crippen LogP contribution in [0.15, 0.2) is 22.7 Å². The molecule has 1 atom stereocenters. The van der Waals surface area contributed by atoms with Gasteiger partial charge in [0.2, 0.25) is 0 Å². The number of hydrogen-bond acceptors (Lipinski definition) is 3. The van der Waals surface area contributed by atoms with E-state index in [1.807, 2.05) is 12.1 Å². The molecule has 0 saturated carbocycles. The maximum atomic E-state index is 10.6. The Balaban J connectivity index is 0.00000225. The van der Waals surface area contributed by atoms with Crippen LogP contribution in [0.3, 0.4) is 0 Å². The van der Waals surface area contributed by atoms with Gasteiger partial charge in [-0.2, -0.15) is 0 Å². The molecule has 16 heavy (non-hydrogen) atoms. The van der Waals surface area contributed by atoms with E-state index in [0.29, 0.717) is 5.75 Å². The first-order valence-electron chi connectivity index (χ1n) is 4.35. The number of carboxylic acids is 1. The molecule has 0 amide bonds. The second-order valence-electron chi connectivity index (χ2n) is 3.11. The summed E-state index contributed by atoms with van der Waals surface area (Å²) in [6, 6.07) is 4.50. The lowest BCUT2D eigenvalue weighted by Crippen LogP contribution is -2.32. The highest BCUT2D eigenvalue weighted by Gasteiger charge is 2.15. The normalized spacial score (nSPS) is 11.4. The van der Waals surface area contributed by atoms with Gasteiger partial charge in [-0.05, 0) is 23.8 Å². The number of rotatable bonds is 4. The third kappa shape index (κ3) is 4.00. The van der Waals surface area contributed by atoms with E-state index in [-0.39, 0.29) is 18.8 Å². The van der Waals surface area contributed by atoms with Gasteiger partial charge in [0.25, 0.3) is 0 Å². The second kappa shape index (κ2) is 6.73. The summed E-state index contributed by atoms with van der Waals surface area (Å²) in [6.45, 7) is 0. The van der Waals surface area contributed by atoms with E-state index in [2.05, 4.69) is 15.9 Å². The Bertz CT molecular complexity index is 373. The highest BCUT2D eigenvalue weighted by molar-refractivity contribution is 9.10. The quantitative estimate of drug-likeness (QED) is 0.890. The van der Waals surface area contributed by atoms with E-state index in [0.717, 1.165) is 10.0 Å². The van der Waals surface area contributed by atoms with Crippen LogP contribution in [0.1, 0.15) is 5.56 Å². The smallest absolute Gasteiger partial charge is 0.320 e. The molecule has 0 radical (unpaired) electrons. The number of methoxy groups -OCH3 is 1. The predicted octanol–water partition coefficient (Wildman–Crippen LogP) is 1.83. The van der Waals surface area contributed by atoms with Crippen molar-refractivity contribution in [2.45, 2.75) is 12.5 Å².